The summed E-state index contributed by atoms with van der Waals surface area (Å²) in [5, 5.41) is 2.73. The molecule has 2 unspecified atom stereocenters. The summed E-state index contributed by atoms with van der Waals surface area (Å²) in [6, 6.07) is 5.61. The highest BCUT2D eigenvalue weighted by atomic mass is 35.5. The van der Waals surface area contributed by atoms with Crippen molar-refractivity contribution in [2.24, 2.45) is 5.73 Å². The molecular formula is C13H20ClFN2O2. The lowest BCUT2D eigenvalue weighted by molar-refractivity contribution is -0.121. The Kier molecular flexibility index (Phi) is 8.11. The average molecular weight is 291 g/mol. The van der Waals surface area contributed by atoms with Gasteiger partial charge in [-0.15, -0.1) is 12.4 Å². The van der Waals surface area contributed by atoms with Gasteiger partial charge in [-0.25, -0.2) is 4.39 Å². The number of hydrogen-bond donors (Lipinski definition) is 2. The van der Waals surface area contributed by atoms with Gasteiger partial charge in [0, 0.05) is 12.5 Å². The van der Waals surface area contributed by atoms with E-state index < -0.39 is 0 Å². The van der Waals surface area contributed by atoms with E-state index in [1.165, 1.54) is 12.1 Å². The van der Waals surface area contributed by atoms with Crippen molar-refractivity contribution >= 4 is 18.3 Å². The molecule has 2 atom stereocenters. The van der Waals surface area contributed by atoms with Crippen LogP contribution >= 0.6 is 12.4 Å². The number of carbonyl (C=O) groups is 1. The first-order valence-electron chi connectivity index (χ1n) is 5.92. The molecule has 0 aliphatic carbocycles. The quantitative estimate of drug-likeness (QED) is 0.841. The van der Waals surface area contributed by atoms with Crippen LogP contribution in [0.5, 0.6) is 5.75 Å². The molecule has 0 heterocycles. The minimum atomic E-state index is -0.305. The van der Waals surface area contributed by atoms with E-state index in [2.05, 4.69) is 5.32 Å². The Morgan fingerprint density at radius 1 is 1.37 bits per heavy atom. The molecule has 108 valence electrons. The Labute approximate surface area is 118 Å². The van der Waals surface area contributed by atoms with E-state index in [-0.39, 0.29) is 36.3 Å². The minimum Gasteiger partial charge on any atom is -0.489 e. The topological polar surface area (TPSA) is 64.4 Å². The molecule has 0 aliphatic heterocycles. The van der Waals surface area contributed by atoms with Crippen molar-refractivity contribution in [2.75, 3.05) is 6.54 Å². The summed E-state index contributed by atoms with van der Waals surface area (Å²) in [5.74, 6) is 0.171. The maximum absolute atomic E-state index is 12.7. The summed E-state index contributed by atoms with van der Waals surface area (Å²) in [6.45, 7) is 4.00. The fraction of sp³-hybridized carbons (Fsp3) is 0.462. The third-order valence-electron chi connectivity index (χ3n) is 2.24. The fourth-order valence-corrected chi connectivity index (χ4v) is 1.41. The normalized spacial score (nSPS) is 13.1. The summed E-state index contributed by atoms with van der Waals surface area (Å²) in [5.41, 5.74) is 5.51. The van der Waals surface area contributed by atoms with Crippen LogP contribution in [0.4, 0.5) is 4.39 Å². The van der Waals surface area contributed by atoms with E-state index in [1.54, 1.807) is 19.1 Å². The van der Waals surface area contributed by atoms with Gasteiger partial charge in [-0.1, -0.05) is 0 Å². The molecule has 4 nitrogen and oxygen atoms in total. The molecular weight excluding hydrogens is 271 g/mol. The predicted molar refractivity (Wildman–Crippen MR) is 75.0 cm³/mol. The third-order valence-corrected chi connectivity index (χ3v) is 2.24. The van der Waals surface area contributed by atoms with Crippen LogP contribution < -0.4 is 15.8 Å². The maximum Gasteiger partial charge on any atom is 0.221 e. The SMILES string of the molecule is CC(N)CC(=O)NCC(C)Oc1ccc(F)cc1.Cl. The van der Waals surface area contributed by atoms with Crippen molar-refractivity contribution in [1.82, 2.24) is 5.32 Å². The van der Waals surface area contributed by atoms with Gasteiger partial charge in [0.15, 0.2) is 0 Å². The lowest BCUT2D eigenvalue weighted by atomic mass is 10.2. The highest BCUT2D eigenvalue weighted by Crippen LogP contribution is 2.12. The van der Waals surface area contributed by atoms with Crippen LogP contribution in [0, 0.1) is 5.82 Å². The molecule has 0 radical (unpaired) electrons. The first-order chi connectivity index (χ1) is 8.47. The highest BCUT2D eigenvalue weighted by Gasteiger charge is 2.08. The van der Waals surface area contributed by atoms with Crippen LogP contribution in [0.15, 0.2) is 24.3 Å². The number of rotatable bonds is 6. The van der Waals surface area contributed by atoms with Crippen molar-refractivity contribution in [3.8, 4) is 5.75 Å². The Morgan fingerprint density at radius 3 is 2.47 bits per heavy atom. The molecule has 1 rings (SSSR count). The molecule has 0 saturated heterocycles. The molecule has 0 spiro atoms. The summed E-state index contributed by atoms with van der Waals surface area (Å²) >= 11 is 0. The summed E-state index contributed by atoms with van der Waals surface area (Å²) in [6.07, 6.45) is 0.107. The molecule has 3 N–H and O–H groups in total. The molecule has 0 bridgehead atoms. The number of hydrogen-bond acceptors (Lipinski definition) is 3. The van der Waals surface area contributed by atoms with Gasteiger partial charge in [0.1, 0.15) is 17.7 Å². The van der Waals surface area contributed by atoms with Crippen LogP contribution in [0.2, 0.25) is 0 Å². The van der Waals surface area contributed by atoms with Crippen molar-refractivity contribution in [2.45, 2.75) is 32.4 Å². The van der Waals surface area contributed by atoms with E-state index >= 15 is 0 Å². The lowest BCUT2D eigenvalue weighted by Gasteiger charge is -2.15. The van der Waals surface area contributed by atoms with E-state index in [9.17, 15) is 9.18 Å². The number of nitrogens with one attached hydrogen (secondary N) is 1. The molecule has 0 fully saturated rings. The van der Waals surface area contributed by atoms with E-state index in [1.807, 2.05) is 6.92 Å². The highest BCUT2D eigenvalue weighted by molar-refractivity contribution is 5.85. The fourth-order valence-electron chi connectivity index (χ4n) is 1.41. The van der Waals surface area contributed by atoms with Crippen molar-refractivity contribution in [1.29, 1.82) is 0 Å². The van der Waals surface area contributed by atoms with E-state index in [4.69, 9.17) is 10.5 Å². The molecule has 19 heavy (non-hydrogen) atoms. The zero-order valence-corrected chi connectivity index (χ0v) is 11.9. The number of nitrogens with two attached hydrogens (primary N) is 1. The number of benzene rings is 1. The van der Waals surface area contributed by atoms with Crippen LogP contribution in [0.1, 0.15) is 20.3 Å². The zero-order valence-electron chi connectivity index (χ0n) is 11.1. The molecule has 1 amide bonds. The predicted octanol–water partition coefficient (Wildman–Crippen LogP) is 1.87. The molecule has 0 aliphatic rings. The maximum atomic E-state index is 12.7. The Hall–Kier alpha value is -1.33. The first-order valence-corrected chi connectivity index (χ1v) is 5.92. The van der Waals surface area contributed by atoms with Crippen LogP contribution in [-0.2, 0) is 4.79 Å². The van der Waals surface area contributed by atoms with Crippen LogP contribution in [0.3, 0.4) is 0 Å². The van der Waals surface area contributed by atoms with E-state index in [0.717, 1.165) is 0 Å². The zero-order chi connectivity index (χ0) is 13.5. The van der Waals surface area contributed by atoms with Gasteiger partial charge >= 0.3 is 0 Å². The van der Waals surface area contributed by atoms with E-state index in [0.29, 0.717) is 18.7 Å². The number of ether oxygens (including phenoxy) is 1. The Morgan fingerprint density at radius 2 is 1.95 bits per heavy atom. The standard InChI is InChI=1S/C13H19FN2O2.ClH/c1-9(15)7-13(17)16-8-10(2)18-12-5-3-11(14)4-6-12;/h3-6,9-10H,7-8,15H2,1-2H3,(H,16,17);1H. The second-order valence-corrected chi connectivity index (χ2v) is 4.37. The van der Waals surface area contributed by atoms with Gasteiger partial charge in [0.25, 0.3) is 0 Å². The van der Waals surface area contributed by atoms with Crippen LogP contribution in [-0.4, -0.2) is 24.6 Å². The number of halogens is 2. The number of amides is 1. The first kappa shape index (κ1) is 17.7. The minimum absolute atomic E-state index is 0. The van der Waals surface area contributed by atoms with Gasteiger partial charge in [-0.3, -0.25) is 4.79 Å². The molecule has 0 aromatic heterocycles. The van der Waals surface area contributed by atoms with Gasteiger partial charge in [-0.2, -0.15) is 0 Å². The molecule has 1 aromatic carbocycles. The summed E-state index contributed by atoms with van der Waals surface area (Å²) < 4.78 is 18.2. The van der Waals surface area contributed by atoms with Gasteiger partial charge < -0.3 is 15.8 Å². The Balaban J connectivity index is 0.00000324. The molecule has 6 heteroatoms. The van der Waals surface area contributed by atoms with Gasteiger partial charge in [0.2, 0.25) is 5.91 Å². The second-order valence-electron chi connectivity index (χ2n) is 4.37. The van der Waals surface area contributed by atoms with Crippen molar-refractivity contribution in [3.63, 3.8) is 0 Å². The summed E-state index contributed by atoms with van der Waals surface area (Å²) in [4.78, 5) is 11.4. The van der Waals surface area contributed by atoms with Crippen LogP contribution in [0.25, 0.3) is 0 Å². The van der Waals surface area contributed by atoms with Gasteiger partial charge in [0.05, 0.1) is 6.54 Å². The van der Waals surface area contributed by atoms with Gasteiger partial charge in [-0.05, 0) is 38.1 Å². The largest absolute Gasteiger partial charge is 0.489 e. The molecule has 1 aromatic rings. The lowest BCUT2D eigenvalue weighted by Crippen LogP contribution is -2.36. The average Bonchev–Trinajstić information content (AvgIpc) is 2.29. The van der Waals surface area contributed by atoms with Crippen molar-refractivity contribution in [3.05, 3.63) is 30.1 Å². The smallest absolute Gasteiger partial charge is 0.221 e. The number of carbonyl (C=O) groups excluding carboxylic acids is 1. The molecule has 0 saturated carbocycles. The van der Waals surface area contributed by atoms with Crippen molar-refractivity contribution < 1.29 is 13.9 Å². The monoisotopic (exact) mass is 290 g/mol. The second kappa shape index (κ2) is 8.72. The Bertz CT molecular complexity index is 385. The summed E-state index contributed by atoms with van der Waals surface area (Å²) in [7, 11) is 0. The third kappa shape index (κ3) is 7.64.